The number of nitrogens with zero attached hydrogens (tertiary/aromatic N) is 2. The molecule has 230 valence electrons. The Hall–Kier alpha value is -3.56. The zero-order valence-corrected chi connectivity index (χ0v) is 27.2. The maximum atomic E-state index is 14.4. The van der Waals surface area contributed by atoms with Gasteiger partial charge in [-0.3, -0.25) is 13.9 Å². The number of anilines is 1. The summed E-state index contributed by atoms with van der Waals surface area (Å²) in [5.41, 5.74) is 1.53. The molecule has 0 saturated carbocycles. The van der Waals surface area contributed by atoms with Gasteiger partial charge in [-0.1, -0.05) is 89.4 Å². The Labute approximate surface area is 273 Å². The molecule has 0 fully saturated rings. The van der Waals surface area contributed by atoms with Gasteiger partial charge >= 0.3 is 0 Å². The highest BCUT2D eigenvalue weighted by Gasteiger charge is 2.35. The number of carbonyl (C=O) groups excluding carboxylic acids is 2. The topological polar surface area (TPSA) is 86.8 Å². The van der Waals surface area contributed by atoms with Crippen molar-refractivity contribution >= 4 is 62.3 Å². The van der Waals surface area contributed by atoms with Crippen molar-refractivity contribution in [3.63, 3.8) is 0 Å². The molecule has 0 bridgehead atoms. The van der Waals surface area contributed by atoms with Crippen molar-refractivity contribution in [3.05, 3.63) is 129 Å². The molecule has 11 heteroatoms. The fraction of sp³-hybridized carbons (Fsp3) is 0.212. The molecule has 0 aliphatic heterocycles. The van der Waals surface area contributed by atoms with Crippen LogP contribution in [-0.2, 0) is 32.6 Å². The van der Waals surface area contributed by atoms with Crippen LogP contribution in [0, 0.1) is 0 Å². The van der Waals surface area contributed by atoms with Gasteiger partial charge in [-0.25, -0.2) is 8.42 Å². The third-order valence-electron chi connectivity index (χ3n) is 6.82. The normalized spacial score (nSPS) is 12.0. The third kappa shape index (κ3) is 8.33. The standard InChI is InChI=1S/C33H32Cl3N3O4S/c1-23(2)37-33(41)31(20-24-10-5-3-6-11-24)38(21-28-29(35)14-9-15-30(28)36)32(40)22-39(26-12-7-4-8-13-26)44(42,43)27-18-16-25(34)17-19-27/h3-19,23,31H,20-22H2,1-2H3,(H,37,41). The van der Waals surface area contributed by atoms with Gasteiger partial charge in [-0.15, -0.1) is 0 Å². The van der Waals surface area contributed by atoms with E-state index in [1.165, 1.54) is 29.2 Å². The molecule has 0 aromatic heterocycles. The average Bonchev–Trinajstić information content (AvgIpc) is 2.99. The van der Waals surface area contributed by atoms with Gasteiger partial charge in [0.2, 0.25) is 11.8 Å². The summed E-state index contributed by atoms with van der Waals surface area (Å²) >= 11 is 19.1. The molecule has 4 aromatic rings. The Morgan fingerprint density at radius 1 is 0.773 bits per heavy atom. The highest BCUT2D eigenvalue weighted by Crippen LogP contribution is 2.29. The molecule has 0 aliphatic rings. The van der Waals surface area contributed by atoms with E-state index in [-0.39, 0.29) is 29.6 Å². The molecule has 4 rings (SSSR count). The summed E-state index contributed by atoms with van der Waals surface area (Å²) in [6, 6.07) is 27.0. The van der Waals surface area contributed by atoms with Gasteiger partial charge in [0, 0.05) is 39.6 Å². The van der Waals surface area contributed by atoms with E-state index in [1.54, 1.807) is 48.5 Å². The van der Waals surface area contributed by atoms with Gasteiger partial charge in [-0.2, -0.15) is 0 Å². The Morgan fingerprint density at radius 3 is 1.91 bits per heavy atom. The second-order valence-corrected chi connectivity index (χ2v) is 13.5. The SMILES string of the molecule is CC(C)NC(=O)C(Cc1ccccc1)N(Cc1c(Cl)cccc1Cl)C(=O)CN(c1ccccc1)S(=O)(=O)c1ccc(Cl)cc1. The summed E-state index contributed by atoms with van der Waals surface area (Å²) in [4.78, 5) is 29.5. The van der Waals surface area contributed by atoms with Crippen LogP contribution in [0.15, 0.2) is 108 Å². The molecule has 44 heavy (non-hydrogen) atoms. The van der Waals surface area contributed by atoms with E-state index in [2.05, 4.69) is 5.32 Å². The van der Waals surface area contributed by atoms with Crippen molar-refractivity contribution in [1.29, 1.82) is 0 Å². The highest BCUT2D eigenvalue weighted by molar-refractivity contribution is 7.92. The van der Waals surface area contributed by atoms with Crippen LogP contribution < -0.4 is 9.62 Å². The number of rotatable bonds is 12. The molecule has 1 atom stereocenters. The zero-order chi connectivity index (χ0) is 31.9. The van der Waals surface area contributed by atoms with Gasteiger partial charge in [-0.05, 0) is 67.9 Å². The van der Waals surface area contributed by atoms with Crippen LogP contribution in [-0.4, -0.2) is 43.8 Å². The molecule has 1 unspecified atom stereocenters. The maximum Gasteiger partial charge on any atom is 0.264 e. The van der Waals surface area contributed by atoms with Crippen LogP contribution in [0.1, 0.15) is 25.0 Å². The van der Waals surface area contributed by atoms with Crippen molar-refractivity contribution in [2.24, 2.45) is 0 Å². The molecule has 1 N–H and O–H groups in total. The number of carbonyl (C=O) groups is 2. The van der Waals surface area contributed by atoms with Gasteiger partial charge < -0.3 is 10.2 Å². The number of halogens is 3. The van der Waals surface area contributed by atoms with Gasteiger partial charge in [0.05, 0.1) is 10.6 Å². The van der Waals surface area contributed by atoms with Crippen LogP contribution in [0.5, 0.6) is 0 Å². The van der Waals surface area contributed by atoms with Crippen LogP contribution >= 0.6 is 34.8 Å². The average molecular weight is 673 g/mol. The van der Waals surface area contributed by atoms with Crippen molar-refractivity contribution in [2.75, 3.05) is 10.8 Å². The lowest BCUT2D eigenvalue weighted by Gasteiger charge is -2.34. The number of nitrogens with one attached hydrogen (secondary N) is 1. The number of benzene rings is 4. The first-order valence-electron chi connectivity index (χ1n) is 13.9. The number of hydrogen-bond acceptors (Lipinski definition) is 4. The minimum absolute atomic E-state index is 0.0439. The first kappa shape index (κ1) is 33.3. The predicted molar refractivity (Wildman–Crippen MR) is 177 cm³/mol. The van der Waals surface area contributed by atoms with E-state index in [4.69, 9.17) is 34.8 Å². The van der Waals surface area contributed by atoms with E-state index in [9.17, 15) is 18.0 Å². The first-order valence-corrected chi connectivity index (χ1v) is 16.4. The van der Waals surface area contributed by atoms with Gasteiger partial charge in [0.25, 0.3) is 10.0 Å². The van der Waals surface area contributed by atoms with E-state index < -0.39 is 34.4 Å². The second-order valence-electron chi connectivity index (χ2n) is 10.4. The van der Waals surface area contributed by atoms with Gasteiger partial charge in [0.15, 0.2) is 0 Å². The molecule has 0 heterocycles. The lowest BCUT2D eigenvalue weighted by molar-refractivity contribution is -0.140. The largest absolute Gasteiger partial charge is 0.352 e. The maximum absolute atomic E-state index is 14.4. The lowest BCUT2D eigenvalue weighted by Crippen LogP contribution is -2.54. The van der Waals surface area contributed by atoms with Crippen LogP contribution in [0.4, 0.5) is 5.69 Å². The van der Waals surface area contributed by atoms with E-state index in [0.717, 1.165) is 9.87 Å². The quantitative estimate of drug-likeness (QED) is 0.176. The minimum Gasteiger partial charge on any atom is -0.352 e. The fourth-order valence-electron chi connectivity index (χ4n) is 4.65. The Kier molecular flexibility index (Phi) is 11.3. The summed E-state index contributed by atoms with van der Waals surface area (Å²) in [7, 11) is -4.24. The Balaban J connectivity index is 1.82. The van der Waals surface area contributed by atoms with Crippen molar-refractivity contribution in [2.45, 2.75) is 43.8 Å². The summed E-state index contributed by atoms with van der Waals surface area (Å²) in [6.45, 7) is 2.91. The zero-order valence-electron chi connectivity index (χ0n) is 24.2. The Bertz CT molecular complexity index is 1670. The van der Waals surface area contributed by atoms with Gasteiger partial charge in [0.1, 0.15) is 12.6 Å². The molecule has 0 aliphatic carbocycles. The second kappa shape index (κ2) is 14.9. The molecular formula is C33H32Cl3N3O4S. The Morgan fingerprint density at radius 2 is 1.34 bits per heavy atom. The van der Waals surface area contributed by atoms with E-state index in [1.807, 2.05) is 44.2 Å². The predicted octanol–water partition coefficient (Wildman–Crippen LogP) is 7.01. The van der Waals surface area contributed by atoms with Crippen molar-refractivity contribution in [1.82, 2.24) is 10.2 Å². The summed E-state index contributed by atoms with van der Waals surface area (Å²) in [5, 5.41) is 3.91. The van der Waals surface area contributed by atoms with Crippen LogP contribution in [0.2, 0.25) is 15.1 Å². The molecule has 0 radical (unpaired) electrons. The molecule has 0 spiro atoms. The molecule has 2 amide bonds. The van der Waals surface area contributed by atoms with Crippen LogP contribution in [0.3, 0.4) is 0 Å². The lowest BCUT2D eigenvalue weighted by atomic mass is 10.0. The molecule has 0 saturated heterocycles. The smallest absolute Gasteiger partial charge is 0.264 e. The third-order valence-corrected chi connectivity index (χ3v) is 9.57. The summed E-state index contributed by atoms with van der Waals surface area (Å²) in [6.07, 6.45) is 0.169. The fourth-order valence-corrected chi connectivity index (χ4v) is 6.70. The first-order chi connectivity index (χ1) is 21.0. The van der Waals surface area contributed by atoms with E-state index in [0.29, 0.717) is 20.6 Å². The molecule has 4 aromatic carbocycles. The number of amides is 2. The van der Waals surface area contributed by atoms with Crippen LogP contribution in [0.25, 0.3) is 0 Å². The number of sulfonamides is 1. The van der Waals surface area contributed by atoms with E-state index >= 15 is 0 Å². The monoisotopic (exact) mass is 671 g/mol. The number of para-hydroxylation sites is 1. The number of hydrogen-bond donors (Lipinski definition) is 1. The molecule has 7 nitrogen and oxygen atoms in total. The minimum atomic E-state index is -4.24. The van der Waals surface area contributed by atoms with Crippen molar-refractivity contribution in [3.8, 4) is 0 Å². The van der Waals surface area contributed by atoms with Crippen molar-refractivity contribution < 1.29 is 18.0 Å². The summed E-state index contributed by atoms with van der Waals surface area (Å²) < 4.78 is 29.0. The molecular weight excluding hydrogens is 641 g/mol. The summed E-state index contributed by atoms with van der Waals surface area (Å²) in [5.74, 6) is -1.02. The highest BCUT2D eigenvalue weighted by atomic mass is 35.5.